The van der Waals surface area contributed by atoms with Gasteiger partial charge in [-0.05, 0) is 25.1 Å². The Morgan fingerprint density at radius 3 is 2.48 bits per heavy atom. The SMILES string of the molecule is Cc1ccc(S(=O)(=O)N/N=C/c2ccccc2N2CCOCC2)cc1. The smallest absolute Gasteiger partial charge is 0.276 e. The van der Waals surface area contributed by atoms with Gasteiger partial charge in [-0.3, -0.25) is 0 Å². The molecule has 0 bridgehead atoms. The molecule has 3 rings (SSSR count). The molecule has 6 nitrogen and oxygen atoms in total. The first-order valence-electron chi connectivity index (χ1n) is 8.09. The first-order chi connectivity index (χ1) is 12.1. The summed E-state index contributed by atoms with van der Waals surface area (Å²) in [6, 6.07) is 14.4. The van der Waals surface area contributed by atoms with Gasteiger partial charge >= 0.3 is 0 Å². The van der Waals surface area contributed by atoms with Crippen LogP contribution >= 0.6 is 0 Å². The highest BCUT2D eigenvalue weighted by molar-refractivity contribution is 7.89. The standard InChI is InChI=1S/C18H21N3O3S/c1-15-6-8-17(9-7-15)25(22,23)20-19-14-16-4-2-3-5-18(16)21-10-12-24-13-11-21/h2-9,14,20H,10-13H2,1H3/b19-14+. The molecular weight excluding hydrogens is 338 g/mol. The fraction of sp³-hybridized carbons (Fsp3) is 0.278. The number of rotatable bonds is 5. The lowest BCUT2D eigenvalue weighted by atomic mass is 10.1. The molecule has 1 aliphatic rings. The number of nitrogens with zero attached hydrogens (tertiary/aromatic N) is 2. The van der Waals surface area contributed by atoms with E-state index in [9.17, 15) is 8.42 Å². The molecule has 2 aromatic rings. The summed E-state index contributed by atoms with van der Waals surface area (Å²) < 4.78 is 29.9. The van der Waals surface area contributed by atoms with Crippen LogP contribution in [0.2, 0.25) is 0 Å². The lowest BCUT2D eigenvalue weighted by Crippen LogP contribution is -2.36. The molecule has 0 unspecified atom stereocenters. The van der Waals surface area contributed by atoms with E-state index in [4.69, 9.17) is 4.74 Å². The van der Waals surface area contributed by atoms with E-state index >= 15 is 0 Å². The first kappa shape index (κ1) is 17.4. The molecule has 7 heteroatoms. The molecule has 0 amide bonds. The molecule has 0 atom stereocenters. The maximum atomic E-state index is 12.3. The second-order valence-corrected chi connectivity index (χ2v) is 7.49. The molecule has 1 N–H and O–H groups in total. The number of nitrogens with one attached hydrogen (secondary N) is 1. The van der Waals surface area contributed by atoms with Gasteiger partial charge < -0.3 is 9.64 Å². The van der Waals surface area contributed by atoms with Crippen LogP contribution in [0.3, 0.4) is 0 Å². The maximum absolute atomic E-state index is 12.3. The van der Waals surface area contributed by atoms with Crippen molar-refractivity contribution in [3.63, 3.8) is 0 Å². The maximum Gasteiger partial charge on any atom is 0.276 e. The molecule has 0 aliphatic carbocycles. The van der Waals surface area contributed by atoms with Crippen molar-refractivity contribution in [2.75, 3.05) is 31.2 Å². The van der Waals surface area contributed by atoms with Crippen molar-refractivity contribution in [2.45, 2.75) is 11.8 Å². The van der Waals surface area contributed by atoms with E-state index in [0.717, 1.165) is 29.9 Å². The Labute approximate surface area is 148 Å². The third-order valence-electron chi connectivity index (χ3n) is 4.00. The van der Waals surface area contributed by atoms with Gasteiger partial charge in [0.2, 0.25) is 0 Å². The molecule has 1 fully saturated rings. The van der Waals surface area contributed by atoms with Gasteiger partial charge in [0.25, 0.3) is 10.0 Å². The molecule has 1 heterocycles. The molecule has 0 saturated carbocycles. The van der Waals surface area contributed by atoms with Gasteiger partial charge in [-0.1, -0.05) is 35.9 Å². The number of benzene rings is 2. The van der Waals surface area contributed by atoms with Crippen molar-refractivity contribution in [1.82, 2.24) is 4.83 Å². The molecule has 0 aromatic heterocycles. The minimum absolute atomic E-state index is 0.191. The lowest BCUT2D eigenvalue weighted by molar-refractivity contribution is 0.122. The number of anilines is 1. The van der Waals surface area contributed by atoms with Crippen LogP contribution in [0.1, 0.15) is 11.1 Å². The summed E-state index contributed by atoms with van der Waals surface area (Å²) in [5, 5.41) is 3.95. The highest BCUT2D eigenvalue weighted by Gasteiger charge is 2.14. The fourth-order valence-electron chi connectivity index (χ4n) is 2.62. The van der Waals surface area contributed by atoms with E-state index in [2.05, 4.69) is 14.8 Å². The van der Waals surface area contributed by atoms with Crippen molar-refractivity contribution in [3.8, 4) is 0 Å². The molecule has 1 aliphatic heterocycles. The zero-order valence-electron chi connectivity index (χ0n) is 14.1. The van der Waals surface area contributed by atoms with E-state index < -0.39 is 10.0 Å². The van der Waals surface area contributed by atoms with Crippen LogP contribution in [-0.4, -0.2) is 40.9 Å². The van der Waals surface area contributed by atoms with E-state index in [1.807, 2.05) is 31.2 Å². The lowest BCUT2D eigenvalue weighted by Gasteiger charge is -2.29. The second-order valence-electron chi connectivity index (χ2n) is 5.82. The Balaban J connectivity index is 1.75. The molecule has 1 saturated heterocycles. The van der Waals surface area contributed by atoms with Gasteiger partial charge in [0.1, 0.15) is 0 Å². The minimum Gasteiger partial charge on any atom is -0.378 e. The van der Waals surface area contributed by atoms with Crippen LogP contribution < -0.4 is 9.73 Å². The highest BCUT2D eigenvalue weighted by atomic mass is 32.2. The van der Waals surface area contributed by atoms with E-state index in [1.54, 1.807) is 24.3 Å². The van der Waals surface area contributed by atoms with Crippen LogP contribution in [0.15, 0.2) is 58.5 Å². The van der Waals surface area contributed by atoms with Crippen molar-refractivity contribution in [1.29, 1.82) is 0 Å². The van der Waals surface area contributed by atoms with Crippen molar-refractivity contribution >= 4 is 21.9 Å². The summed E-state index contributed by atoms with van der Waals surface area (Å²) in [4.78, 5) is 4.67. The predicted octanol–water partition coefficient (Wildman–Crippen LogP) is 2.14. The van der Waals surface area contributed by atoms with Crippen LogP contribution in [0.25, 0.3) is 0 Å². The average molecular weight is 359 g/mol. The van der Waals surface area contributed by atoms with Gasteiger partial charge in [-0.15, -0.1) is 0 Å². The first-order valence-corrected chi connectivity index (χ1v) is 9.58. The highest BCUT2D eigenvalue weighted by Crippen LogP contribution is 2.20. The number of morpholine rings is 1. The second kappa shape index (κ2) is 7.67. The summed E-state index contributed by atoms with van der Waals surface area (Å²) in [5.41, 5.74) is 2.88. The monoisotopic (exact) mass is 359 g/mol. The largest absolute Gasteiger partial charge is 0.378 e. The Bertz CT molecular complexity index is 842. The summed E-state index contributed by atoms with van der Waals surface area (Å²) >= 11 is 0. The summed E-state index contributed by atoms with van der Waals surface area (Å²) in [6.45, 7) is 4.89. The third-order valence-corrected chi connectivity index (χ3v) is 5.23. The number of sulfonamides is 1. The van der Waals surface area contributed by atoms with Crippen molar-refractivity contribution in [2.24, 2.45) is 5.10 Å². The van der Waals surface area contributed by atoms with Gasteiger partial charge in [-0.25, -0.2) is 4.83 Å². The Morgan fingerprint density at radius 2 is 1.76 bits per heavy atom. The van der Waals surface area contributed by atoms with E-state index in [1.165, 1.54) is 6.21 Å². The van der Waals surface area contributed by atoms with Gasteiger partial charge in [0.05, 0.1) is 24.3 Å². The third kappa shape index (κ3) is 4.37. The number of para-hydroxylation sites is 1. The molecule has 25 heavy (non-hydrogen) atoms. The average Bonchev–Trinajstić information content (AvgIpc) is 2.63. The normalized spacial score (nSPS) is 15.5. The van der Waals surface area contributed by atoms with E-state index in [0.29, 0.717) is 13.2 Å². The van der Waals surface area contributed by atoms with Crippen LogP contribution in [0.4, 0.5) is 5.69 Å². The zero-order chi connectivity index (χ0) is 17.7. The Morgan fingerprint density at radius 1 is 1.08 bits per heavy atom. The number of aryl methyl sites for hydroxylation is 1. The van der Waals surface area contributed by atoms with Crippen LogP contribution in [-0.2, 0) is 14.8 Å². The Hall–Kier alpha value is -2.38. The molecule has 2 aromatic carbocycles. The quantitative estimate of drug-likeness (QED) is 0.656. The van der Waals surface area contributed by atoms with Gasteiger partial charge in [-0.2, -0.15) is 13.5 Å². The van der Waals surface area contributed by atoms with Crippen LogP contribution in [0.5, 0.6) is 0 Å². The van der Waals surface area contributed by atoms with E-state index in [-0.39, 0.29) is 4.90 Å². The number of hydrazone groups is 1. The number of ether oxygens (including phenoxy) is 1. The molecular formula is C18H21N3O3S. The molecule has 0 spiro atoms. The van der Waals surface area contributed by atoms with Crippen molar-refractivity contribution in [3.05, 3.63) is 59.7 Å². The summed E-state index contributed by atoms with van der Waals surface area (Å²) in [6.07, 6.45) is 1.54. The number of hydrogen-bond acceptors (Lipinski definition) is 5. The topological polar surface area (TPSA) is 71.0 Å². The minimum atomic E-state index is -3.67. The summed E-state index contributed by atoms with van der Waals surface area (Å²) in [7, 11) is -3.67. The summed E-state index contributed by atoms with van der Waals surface area (Å²) in [5.74, 6) is 0. The Kier molecular flexibility index (Phi) is 5.35. The molecule has 132 valence electrons. The van der Waals surface area contributed by atoms with Crippen LogP contribution in [0, 0.1) is 6.92 Å². The predicted molar refractivity (Wildman–Crippen MR) is 98.6 cm³/mol. The van der Waals surface area contributed by atoms with Gasteiger partial charge in [0.15, 0.2) is 0 Å². The zero-order valence-corrected chi connectivity index (χ0v) is 14.9. The van der Waals surface area contributed by atoms with Crippen molar-refractivity contribution < 1.29 is 13.2 Å². The molecule has 0 radical (unpaired) electrons. The number of hydrogen-bond donors (Lipinski definition) is 1. The van der Waals surface area contributed by atoms with Gasteiger partial charge in [0, 0.05) is 24.3 Å². The fourth-order valence-corrected chi connectivity index (χ4v) is 3.42.